The quantitative estimate of drug-likeness (QED) is 0.714. The lowest BCUT2D eigenvalue weighted by molar-refractivity contribution is -0.0871. The van der Waals surface area contributed by atoms with Crippen molar-refractivity contribution < 1.29 is 9.53 Å². The number of aryl methyl sites for hydroxylation is 1. The van der Waals surface area contributed by atoms with Crippen LogP contribution in [0.5, 0.6) is 0 Å². The Hall–Kier alpha value is -1.40. The van der Waals surface area contributed by atoms with Gasteiger partial charge in [-0.05, 0) is 13.5 Å². The SMILES string of the molecule is CN1CC[C@@H]2OCCN(C(=O)c3cncn3C)[C@@H]2C1. The molecule has 0 unspecified atom stereocenters. The van der Waals surface area contributed by atoms with Crippen molar-refractivity contribution in [3.05, 3.63) is 18.2 Å². The van der Waals surface area contributed by atoms with Gasteiger partial charge in [-0.1, -0.05) is 0 Å². The molecule has 0 aliphatic carbocycles. The number of imidazole rings is 1. The molecular formula is C13H20N4O2. The Labute approximate surface area is 113 Å². The summed E-state index contributed by atoms with van der Waals surface area (Å²) in [5, 5.41) is 0. The molecule has 0 radical (unpaired) electrons. The average Bonchev–Trinajstić information content (AvgIpc) is 2.83. The van der Waals surface area contributed by atoms with Gasteiger partial charge < -0.3 is 19.1 Å². The van der Waals surface area contributed by atoms with Gasteiger partial charge in [-0.15, -0.1) is 0 Å². The fourth-order valence-electron chi connectivity index (χ4n) is 2.99. The van der Waals surface area contributed by atoms with Gasteiger partial charge in [0.2, 0.25) is 0 Å². The van der Waals surface area contributed by atoms with Crippen molar-refractivity contribution in [1.29, 1.82) is 0 Å². The van der Waals surface area contributed by atoms with Gasteiger partial charge in [0, 0.05) is 26.7 Å². The smallest absolute Gasteiger partial charge is 0.272 e. The van der Waals surface area contributed by atoms with E-state index in [1.807, 2.05) is 11.9 Å². The van der Waals surface area contributed by atoms with Crippen LogP contribution < -0.4 is 0 Å². The third-order valence-electron chi connectivity index (χ3n) is 4.08. The summed E-state index contributed by atoms with van der Waals surface area (Å²) in [5.41, 5.74) is 0.647. The van der Waals surface area contributed by atoms with Crippen LogP contribution in [-0.2, 0) is 11.8 Å². The van der Waals surface area contributed by atoms with E-state index < -0.39 is 0 Å². The lowest BCUT2D eigenvalue weighted by Crippen LogP contribution is -2.60. The van der Waals surface area contributed by atoms with Crippen LogP contribution in [0.25, 0.3) is 0 Å². The molecule has 3 rings (SSSR count). The van der Waals surface area contributed by atoms with E-state index in [1.54, 1.807) is 17.1 Å². The number of carbonyl (C=O) groups is 1. The number of hydrogen-bond donors (Lipinski definition) is 0. The lowest BCUT2D eigenvalue weighted by Gasteiger charge is -2.46. The van der Waals surface area contributed by atoms with Crippen molar-refractivity contribution in [1.82, 2.24) is 19.4 Å². The fourth-order valence-corrected chi connectivity index (χ4v) is 2.99. The molecule has 3 heterocycles. The number of aromatic nitrogens is 2. The number of morpholine rings is 1. The number of carbonyl (C=O) groups excluding carboxylic acids is 1. The summed E-state index contributed by atoms with van der Waals surface area (Å²) in [6, 6.07) is 0.162. The van der Waals surface area contributed by atoms with E-state index in [-0.39, 0.29) is 18.1 Å². The number of hydrogen-bond acceptors (Lipinski definition) is 4. The maximum atomic E-state index is 12.6. The Morgan fingerprint density at radius 3 is 3.00 bits per heavy atom. The summed E-state index contributed by atoms with van der Waals surface area (Å²) in [6.45, 7) is 3.22. The molecule has 6 heteroatoms. The average molecular weight is 264 g/mol. The molecule has 0 bridgehead atoms. The van der Waals surface area contributed by atoms with Gasteiger partial charge in [0.25, 0.3) is 5.91 Å². The molecule has 2 aliphatic heterocycles. The molecule has 1 aromatic rings. The Morgan fingerprint density at radius 2 is 2.26 bits per heavy atom. The molecular weight excluding hydrogens is 244 g/mol. The number of piperidine rings is 1. The predicted molar refractivity (Wildman–Crippen MR) is 69.9 cm³/mol. The summed E-state index contributed by atoms with van der Waals surface area (Å²) in [5.74, 6) is 0.0635. The standard InChI is InChI=1S/C13H20N4O2/c1-15-4-3-12-11(8-15)17(5-6-19-12)13(18)10-7-14-9-16(10)2/h7,9,11-12H,3-6,8H2,1-2H3/t11-,12+/m1/s1. The monoisotopic (exact) mass is 264 g/mol. The lowest BCUT2D eigenvalue weighted by atomic mass is 9.99. The zero-order chi connectivity index (χ0) is 13.4. The molecule has 19 heavy (non-hydrogen) atoms. The van der Waals surface area contributed by atoms with Crippen LogP contribution >= 0.6 is 0 Å². The van der Waals surface area contributed by atoms with Crippen molar-refractivity contribution in [2.75, 3.05) is 33.3 Å². The van der Waals surface area contributed by atoms with Crippen LogP contribution in [0.1, 0.15) is 16.9 Å². The van der Waals surface area contributed by atoms with Crippen LogP contribution in [0, 0.1) is 0 Å². The molecule has 0 aromatic carbocycles. The first kappa shape index (κ1) is 12.6. The number of rotatable bonds is 1. The molecule has 0 N–H and O–H groups in total. The number of fused-ring (bicyclic) bond motifs is 1. The van der Waals surface area contributed by atoms with E-state index in [0.717, 1.165) is 19.5 Å². The topological polar surface area (TPSA) is 50.6 Å². The molecule has 2 fully saturated rings. The molecule has 2 saturated heterocycles. The molecule has 6 nitrogen and oxygen atoms in total. The van der Waals surface area contributed by atoms with Gasteiger partial charge >= 0.3 is 0 Å². The summed E-state index contributed by atoms with van der Waals surface area (Å²) >= 11 is 0. The van der Waals surface area contributed by atoms with Crippen LogP contribution in [-0.4, -0.2) is 70.7 Å². The Bertz CT molecular complexity index is 473. The maximum Gasteiger partial charge on any atom is 0.272 e. The number of nitrogens with zero attached hydrogens (tertiary/aromatic N) is 4. The Morgan fingerprint density at radius 1 is 1.42 bits per heavy atom. The zero-order valence-corrected chi connectivity index (χ0v) is 11.5. The molecule has 104 valence electrons. The van der Waals surface area contributed by atoms with E-state index in [4.69, 9.17) is 4.74 Å². The molecule has 2 atom stereocenters. The van der Waals surface area contributed by atoms with Gasteiger partial charge in [0.1, 0.15) is 5.69 Å². The van der Waals surface area contributed by atoms with Crippen molar-refractivity contribution in [3.8, 4) is 0 Å². The van der Waals surface area contributed by atoms with E-state index in [1.165, 1.54) is 0 Å². The largest absolute Gasteiger partial charge is 0.374 e. The third-order valence-corrected chi connectivity index (χ3v) is 4.08. The second-order valence-corrected chi connectivity index (χ2v) is 5.42. The zero-order valence-electron chi connectivity index (χ0n) is 11.5. The van der Waals surface area contributed by atoms with Gasteiger partial charge in [-0.2, -0.15) is 0 Å². The summed E-state index contributed by atoms with van der Waals surface area (Å²) in [7, 11) is 3.95. The first-order valence-electron chi connectivity index (χ1n) is 6.74. The highest BCUT2D eigenvalue weighted by Gasteiger charge is 2.39. The van der Waals surface area contributed by atoms with E-state index in [0.29, 0.717) is 18.8 Å². The fraction of sp³-hybridized carbons (Fsp3) is 0.692. The van der Waals surface area contributed by atoms with Crippen molar-refractivity contribution in [2.24, 2.45) is 7.05 Å². The molecule has 2 aliphatic rings. The molecule has 0 saturated carbocycles. The number of ether oxygens (including phenoxy) is 1. The van der Waals surface area contributed by atoms with Crippen molar-refractivity contribution >= 4 is 5.91 Å². The van der Waals surface area contributed by atoms with Gasteiger partial charge in [0.05, 0.1) is 31.3 Å². The van der Waals surface area contributed by atoms with E-state index >= 15 is 0 Å². The van der Waals surface area contributed by atoms with E-state index in [2.05, 4.69) is 16.9 Å². The summed E-state index contributed by atoms with van der Waals surface area (Å²) in [6.07, 6.45) is 4.48. The normalized spacial score (nSPS) is 28.2. The molecule has 1 amide bonds. The summed E-state index contributed by atoms with van der Waals surface area (Å²) in [4.78, 5) is 20.9. The minimum atomic E-state index is 0.0635. The van der Waals surface area contributed by atoms with Gasteiger partial charge in [-0.25, -0.2) is 4.98 Å². The number of likely N-dealkylation sites (tertiary alicyclic amines) is 1. The highest BCUT2D eigenvalue weighted by Crippen LogP contribution is 2.23. The Balaban J connectivity index is 1.82. The number of likely N-dealkylation sites (N-methyl/N-ethyl adjacent to an activating group) is 1. The Kier molecular flexibility index (Phi) is 3.28. The van der Waals surface area contributed by atoms with Crippen LogP contribution in [0.15, 0.2) is 12.5 Å². The highest BCUT2D eigenvalue weighted by molar-refractivity contribution is 5.92. The highest BCUT2D eigenvalue weighted by atomic mass is 16.5. The van der Waals surface area contributed by atoms with Crippen molar-refractivity contribution in [2.45, 2.75) is 18.6 Å². The second kappa shape index (κ2) is 4.94. The van der Waals surface area contributed by atoms with Crippen LogP contribution in [0.4, 0.5) is 0 Å². The maximum absolute atomic E-state index is 12.6. The minimum Gasteiger partial charge on any atom is -0.374 e. The predicted octanol–water partition coefficient (Wildman–Crippen LogP) is -0.0348. The molecule has 1 aromatic heterocycles. The first-order chi connectivity index (χ1) is 9.16. The van der Waals surface area contributed by atoms with Crippen molar-refractivity contribution in [3.63, 3.8) is 0 Å². The third kappa shape index (κ3) is 2.26. The first-order valence-corrected chi connectivity index (χ1v) is 6.74. The number of amides is 1. The van der Waals surface area contributed by atoms with Crippen LogP contribution in [0.3, 0.4) is 0 Å². The minimum absolute atomic E-state index is 0.0635. The van der Waals surface area contributed by atoms with Gasteiger partial charge in [0.15, 0.2) is 0 Å². The van der Waals surface area contributed by atoms with Crippen LogP contribution in [0.2, 0.25) is 0 Å². The van der Waals surface area contributed by atoms with E-state index in [9.17, 15) is 4.79 Å². The molecule has 0 spiro atoms. The summed E-state index contributed by atoms with van der Waals surface area (Å²) < 4.78 is 7.59. The second-order valence-electron chi connectivity index (χ2n) is 5.42. The van der Waals surface area contributed by atoms with Gasteiger partial charge in [-0.3, -0.25) is 4.79 Å².